The molecule has 0 amide bonds. The highest BCUT2D eigenvalue weighted by Crippen LogP contribution is 2.42. The molecule has 2 nitrogen and oxygen atoms in total. The maximum Gasteiger partial charge on any atom is 0.270 e. The lowest BCUT2D eigenvalue weighted by Crippen LogP contribution is -2.41. The molecule has 0 spiro atoms. The van der Waals surface area contributed by atoms with Crippen LogP contribution in [0.4, 0.5) is 8.78 Å². The third-order valence-corrected chi connectivity index (χ3v) is 3.23. The van der Waals surface area contributed by atoms with Crippen molar-refractivity contribution in [1.82, 2.24) is 4.90 Å². The molecular weight excluding hydrogens is 208 g/mol. The first kappa shape index (κ1) is 11.9. The number of halogens is 2. The Hall–Kier alpha value is -0.130. The van der Waals surface area contributed by atoms with Crippen LogP contribution in [0.15, 0.2) is 11.7 Å². The van der Waals surface area contributed by atoms with E-state index in [4.69, 9.17) is 0 Å². The molecule has 2 aliphatic heterocycles. The molecular formula is C9H15F2NOS. The maximum atomic E-state index is 12.3. The van der Waals surface area contributed by atoms with Gasteiger partial charge in [0.15, 0.2) is 0 Å². The number of nitrogens with zero attached hydrogens (tertiary/aromatic N) is 1. The molecule has 1 unspecified atom stereocenters. The van der Waals surface area contributed by atoms with Crippen molar-refractivity contribution in [3.63, 3.8) is 0 Å². The van der Waals surface area contributed by atoms with Crippen LogP contribution < -0.4 is 0 Å². The summed E-state index contributed by atoms with van der Waals surface area (Å²) >= 11 is 0. The molecule has 2 fully saturated rings. The van der Waals surface area contributed by atoms with Gasteiger partial charge in [0.05, 0.1) is 6.61 Å². The van der Waals surface area contributed by atoms with Crippen LogP contribution >= 0.6 is 13.5 Å². The van der Waals surface area contributed by atoms with Crippen molar-refractivity contribution in [1.29, 1.82) is 0 Å². The first-order valence-electron chi connectivity index (χ1n) is 4.57. The highest BCUT2D eigenvalue weighted by atomic mass is 32.1. The molecule has 2 saturated heterocycles. The van der Waals surface area contributed by atoms with Gasteiger partial charge in [-0.2, -0.15) is 22.3 Å². The van der Waals surface area contributed by atoms with Crippen LogP contribution in [0.5, 0.6) is 0 Å². The highest BCUT2D eigenvalue weighted by Gasteiger charge is 2.46. The van der Waals surface area contributed by atoms with Crippen LogP contribution in [0.2, 0.25) is 0 Å². The van der Waals surface area contributed by atoms with E-state index in [1.165, 1.54) is 0 Å². The Balaban J connectivity index is 0.000000980. The predicted octanol–water partition coefficient (Wildman–Crippen LogP) is 1.48. The summed E-state index contributed by atoms with van der Waals surface area (Å²) in [5.41, 5.74) is -0.132. The summed E-state index contributed by atoms with van der Waals surface area (Å²) in [6.45, 7) is 1.20. The summed E-state index contributed by atoms with van der Waals surface area (Å²) in [5, 5.41) is 9.22. The van der Waals surface area contributed by atoms with Crippen LogP contribution in [0, 0.1) is 0 Å². The fourth-order valence-corrected chi connectivity index (χ4v) is 2.49. The van der Waals surface area contributed by atoms with E-state index in [1.807, 2.05) is 4.90 Å². The van der Waals surface area contributed by atoms with E-state index in [0.717, 1.165) is 19.4 Å². The molecule has 0 saturated carbocycles. The van der Waals surface area contributed by atoms with Gasteiger partial charge in [-0.15, -0.1) is 0 Å². The Morgan fingerprint density at radius 1 is 1.50 bits per heavy atom. The van der Waals surface area contributed by atoms with Gasteiger partial charge in [0.2, 0.25) is 0 Å². The number of rotatable bonds is 1. The SMILES string of the molecule is OCC12CCCN1CC(=C(F)F)C2.S. The third kappa shape index (κ3) is 1.68. The summed E-state index contributed by atoms with van der Waals surface area (Å²) in [6, 6.07) is 0. The third-order valence-electron chi connectivity index (χ3n) is 3.23. The summed E-state index contributed by atoms with van der Waals surface area (Å²) in [4.78, 5) is 1.99. The normalized spacial score (nSPS) is 31.5. The number of hydrogen-bond donors (Lipinski definition) is 1. The minimum absolute atomic E-state index is 0. The van der Waals surface area contributed by atoms with Crippen molar-refractivity contribution in [3.8, 4) is 0 Å². The minimum atomic E-state index is -1.55. The second-order valence-electron chi connectivity index (χ2n) is 3.95. The molecule has 14 heavy (non-hydrogen) atoms. The molecule has 2 aliphatic rings. The molecule has 0 radical (unpaired) electrons. The Bertz CT molecular complexity index is 255. The van der Waals surface area contributed by atoms with Gasteiger partial charge in [-0.1, -0.05) is 0 Å². The molecule has 82 valence electrons. The fourth-order valence-electron chi connectivity index (χ4n) is 2.49. The fraction of sp³-hybridized carbons (Fsp3) is 0.778. The lowest BCUT2D eigenvalue weighted by Gasteiger charge is -2.28. The number of aliphatic hydroxyl groups excluding tert-OH is 1. The standard InChI is InChI=1S/C9H13F2NO.H2S/c10-8(11)7-4-9(6-13)2-1-3-12(9)5-7;/h13H,1-6H2;1H2. The summed E-state index contributed by atoms with van der Waals surface area (Å²) in [7, 11) is 0. The van der Waals surface area contributed by atoms with E-state index in [0.29, 0.717) is 13.0 Å². The lowest BCUT2D eigenvalue weighted by molar-refractivity contribution is 0.0999. The average molecular weight is 223 g/mol. The second-order valence-corrected chi connectivity index (χ2v) is 3.95. The Morgan fingerprint density at radius 2 is 2.21 bits per heavy atom. The van der Waals surface area contributed by atoms with Crippen LogP contribution in [-0.2, 0) is 0 Å². The molecule has 1 atom stereocenters. The van der Waals surface area contributed by atoms with Crippen molar-refractivity contribution in [2.45, 2.75) is 24.8 Å². The first-order chi connectivity index (χ1) is 6.18. The van der Waals surface area contributed by atoms with Gasteiger partial charge in [-0.05, 0) is 25.8 Å². The van der Waals surface area contributed by atoms with Crippen molar-refractivity contribution < 1.29 is 13.9 Å². The van der Waals surface area contributed by atoms with Crippen LogP contribution in [-0.4, -0.2) is 35.2 Å². The van der Waals surface area contributed by atoms with E-state index in [2.05, 4.69) is 0 Å². The van der Waals surface area contributed by atoms with Crippen LogP contribution in [0.1, 0.15) is 19.3 Å². The Morgan fingerprint density at radius 3 is 2.71 bits per heavy atom. The van der Waals surface area contributed by atoms with Gasteiger partial charge in [-0.25, -0.2) is 0 Å². The molecule has 2 heterocycles. The summed E-state index contributed by atoms with van der Waals surface area (Å²) in [5.74, 6) is 0. The second kappa shape index (κ2) is 4.16. The molecule has 0 bridgehead atoms. The van der Waals surface area contributed by atoms with Crippen molar-refractivity contribution in [2.24, 2.45) is 0 Å². The Kier molecular flexibility index (Phi) is 3.55. The maximum absolute atomic E-state index is 12.3. The molecule has 1 N–H and O–H groups in total. The van der Waals surface area contributed by atoms with Gasteiger partial charge in [-0.3, -0.25) is 4.90 Å². The van der Waals surface area contributed by atoms with E-state index in [-0.39, 0.29) is 31.2 Å². The number of hydrogen-bond acceptors (Lipinski definition) is 2. The molecule has 0 aromatic carbocycles. The zero-order valence-corrected chi connectivity index (χ0v) is 8.89. The van der Waals surface area contributed by atoms with E-state index >= 15 is 0 Å². The van der Waals surface area contributed by atoms with E-state index < -0.39 is 6.08 Å². The monoisotopic (exact) mass is 223 g/mol. The van der Waals surface area contributed by atoms with Crippen molar-refractivity contribution in [2.75, 3.05) is 19.7 Å². The highest BCUT2D eigenvalue weighted by molar-refractivity contribution is 7.59. The topological polar surface area (TPSA) is 23.5 Å². The lowest BCUT2D eigenvalue weighted by atomic mass is 9.94. The molecule has 0 aromatic rings. The van der Waals surface area contributed by atoms with Gasteiger partial charge >= 0.3 is 0 Å². The molecule has 5 heteroatoms. The minimum Gasteiger partial charge on any atom is -0.394 e. The van der Waals surface area contributed by atoms with Gasteiger partial charge < -0.3 is 5.11 Å². The van der Waals surface area contributed by atoms with Crippen LogP contribution in [0.3, 0.4) is 0 Å². The molecule has 2 rings (SSSR count). The quantitative estimate of drug-likeness (QED) is 0.728. The first-order valence-corrected chi connectivity index (χ1v) is 4.57. The smallest absolute Gasteiger partial charge is 0.270 e. The molecule has 0 aliphatic carbocycles. The zero-order valence-electron chi connectivity index (χ0n) is 7.89. The van der Waals surface area contributed by atoms with Crippen molar-refractivity contribution in [3.05, 3.63) is 11.7 Å². The zero-order chi connectivity index (χ0) is 9.47. The van der Waals surface area contributed by atoms with E-state index in [1.54, 1.807) is 0 Å². The van der Waals surface area contributed by atoms with Gasteiger partial charge in [0, 0.05) is 17.7 Å². The van der Waals surface area contributed by atoms with Gasteiger partial charge in [0.1, 0.15) is 0 Å². The Labute approximate surface area is 89.0 Å². The van der Waals surface area contributed by atoms with E-state index in [9.17, 15) is 13.9 Å². The average Bonchev–Trinajstić information content (AvgIpc) is 2.58. The van der Waals surface area contributed by atoms with Gasteiger partial charge in [0.25, 0.3) is 6.08 Å². The number of aliphatic hydroxyl groups is 1. The molecule has 0 aromatic heterocycles. The predicted molar refractivity (Wildman–Crippen MR) is 54.9 cm³/mol. The largest absolute Gasteiger partial charge is 0.394 e. The van der Waals surface area contributed by atoms with Crippen LogP contribution in [0.25, 0.3) is 0 Å². The summed E-state index contributed by atoms with van der Waals surface area (Å²) < 4.78 is 24.6. The summed E-state index contributed by atoms with van der Waals surface area (Å²) in [6.07, 6.45) is 0.663. The number of fused-ring (bicyclic) bond motifs is 1. The van der Waals surface area contributed by atoms with Crippen molar-refractivity contribution >= 4 is 13.5 Å².